The van der Waals surface area contributed by atoms with Crippen molar-refractivity contribution in [2.24, 2.45) is 5.92 Å². The van der Waals surface area contributed by atoms with Crippen molar-refractivity contribution >= 4 is 51.1 Å². The van der Waals surface area contributed by atoms with Gasteiger partial charge in [-0.25, -0.2) is 4.79 Å². The number of benzene rings is 2. The highest BCUT2D eigenvalue weighted by molar-refractivity contribution is 9.10. The van der Waals surface area contributed by atoms with E-state index < -0.39 is 5.60 Å². The number of nitrogens with zero attached hydrogens (tertiary/aromatic N) is 2. The minimum absolute atomic E-state index is 0.0341. The van der Waals surface area contributed by atoms with E-state index in [-0.39, 0.29) is 17.9 Å². The first-order valence-corrected chi connectivity index (χ1v) is 13.9. The molecule has 2 aliphatic heterocycles. The lowest BCUT2D eigenvalue weighted by Crippen LogP contribution is -2.63. The van der Waals surface area contributed by atoms with Crippen LogP contribution in [0.1, 0.15) is 39.2 Å². The van der Waals surface area contributed by atoms with Crippen molar-refractivity contribution in [2.45, 2.75) is 51.8 Å². The summed E-state index contributed by atoms with van der Waals surface area (Å²) in [6.45, 7) is 9.02. The highest BCUT2D eigenvalue weighted by Crippen LogP contribution is 2.33. The number of hydrogen-bond donors (Lipinski definition) is 1. The van der Waals surface area contributed by atoms with Crippen LogP contribution < -0.4 is 10.1 Å². The smallest absolute Gasteiger partial charge is 0.410 e. The summed E-state index contributed by atoms with van der Waals surface area (Å²) in [6, 6.07) is 11.1. The van der Waals surface area contributed by atoms with Crippen molar-refractivity contribution in [3.05, 3.63) is 56.5 Å². The average molecular weight is 613 g/mol. The number of likely N-dealkylation sites (tertiary alicyclic amines) is 2. The lowest BCUT2D eigenvalue weighted by atomic mass is 9.93. The molecule has 2 heterocycles. The number of ether oxygens (including phenoxy) is 2. The summed E-state index contributed by atoms with van der Waals surface area (Å²) in [5.74, 6) is 1.20. The van der Waals surface area contributed by atoms with Gasteiger partial charge in [-0.3, -0.25) is 9.69 Å². The van der Waals surface area contributed by atoms with Crippen LogP contribution in [0.15, 0.2) is 40.9 Å². The SMILES string of the molecule is CC(C)(C)OC(=O)N1CC(N2CCC(C(=O)NCc3ccc(Br)cc3Oc3ccc(Cl)c(Cl)c3)CC2)C1. The number of nitrogens with one attached hydrogen (secondary N) is 1. The van der Waals surface area contributed by atoms with Gasteiger partial charge in [0.1, 0.15) is 17.1 Å². The summed E-state index contributed by atoms with van der Waals surface area (Å²) in [5, 5.41) is 3.95. The molecule has 2 aliphatic rings. The third-order valence-electron chi connectivity index (χ3n) is 6.53. The van der Waals surface area contributed by atoms with Crippen LogP contribution in [0.3, 0.4) is 0 Å². The Balaban J connectivity index is 1.25. The molecule has 0 atom stereocenters. The molecule has 37 heavy (non-hydrogen) atoms. The number of piperidine rings is 1. The molecule has 0 aromatic heterocycles. The lowest BCUT2D eigenvalue weighted by molar-refractivity contribution is -0.127. The lowest BCUT2D eigenvalue weighted by Gasteiger charge is -2.47. The normalized spacial score (nSPS) is 17.3. The van der Waals surface area contributed by atoms with Gasteiger partial charge in [0.2, 0.25) is 5.91 Å². The standard InChI is InChI=1S/C27H32BrCl2N3O4/c1-27(2,3)37-26(35)33-15-20(16-33)32-10-8-17(9-11-32)25(34)31-14-18-4-5-19(28)12-24(18)36-21-6-7-22(29)23(30)13-21/h4-7,12-13,17,20H,8-11,14-16H2,1-3H3,(H,31,34). The van der Waals surface area contributed by atoms with Gasteiger partial charge in [0.25, 0.3) is 0 Å². The van der Waals surface area contributed by atoms with E-state index in [1.807, 2.05) is 39.0 Å². The van der Waals surface area contributed by atoms with E-state index in [4.69, 9.17) is 32.7 Å². The summed E-state index contributed by atoms with van der Waals surface area (Å²) in [6.07, 6.45) is 1.33. The number of halogens is 3. The Labute approximate surface area is 236 Å². The van der Waals surface area contributed by atoms with Gasteiger partial charge in [-0.15, -0.1) is 0 Å². The fourth-order valence-corrected chi connectivity index (χ4v) is 5.08. The number of carbonyl (C=O) groups is 2. The van der Waals surface area contributed by atoms with E-state index >= 15 is 0 Å². The first-order valence-electron chi connectivity index (χ1n) is 12.4. The molecule has 0 bridgehead atoms. The van der Waals surface area contributed by atoms with Crippen molar-refractivity contribution in [3.8, 4) is 11.5 Å². The molecule has 0 unspecified atom stereocenters. The predicted octanol–water partition coefficient (Wildman–Crippen LogP) is 6.50. The Kier molecular flexibility index (Phi) is 8.94. The van der Waals surface area contributed by atoms with E-state index in [0.29, 0.717) is 47.2 Å². The van der Waals surface area contributed by atoms with E-state index in [1.165, 1.54) is 0 Å². The second kappa shape index (κ2) is 11.8. The molecule has 0 spiro atoms. The Morgan fingerprint density at radius 1 is 1.05 bits per heavy atom. The molecule has 0 saturated carbocycles. The van der Waals surface area contributed by atoms with E-state index in [1.54, 1.807) is 23.1 Å². The molecular formula is C27H32BrCl2N3O4. The van der Waals surface area contributed by atoms with E-state index in [2.05, 4.69) is 26.1 Å². The van der Waals surface area contributed by atoms with Crippen LogP contribution in [0.4, 0.5) is 4.79 Å². The van der Waals surface area contributed by atoms with Crippen LogP contribution in [-0.2, 0) is 16.1 Å². The van der Waals surface area contributed by atoms with Crippen molar-refractivity contribution < 1.29 is 19.1 Å². The zero-order valence-corrected chi connectivity index (χ0v) is 24.3. The van der Waals surface area contributed by atoms with E-state index in [0.717, 1.165) is 36.0 Å². The zero-order chi connectivity index (χ0) is 26.7. The largest absolute Gasteiger partial charge is 0.457 e. The summed E-state index contributed by atoms with van der Waals surface area (Å²) in [7, 11) is 0. The first-order chi connectivity index (χ1) is 17.5. The molecule has 2 saturated heterocycles. The van der Waals surface area contributed by atoms with Gasteiger partial charge in [-0.2, -0.15) is 0 Å². The average Bonchev–Trinajstić information content (AvgIpc) is 2.79. The second-order valence-corrected chi connectivity index (χ2v) is 12.2. The maximum atomic E-state index is 12.9. The highest BCUT2D eigenvalue weighted by Gasteiger charge is 2.38. The van der Waals surface area contributed by atoms with Gasteiger partial charge < -0.3 is 19.7 Å². The molecule has 7 nitrogen and oxygen atoms in total. The summed E-state index contributed by atoms with van der Waals surface area (Å²) < 4.78 is 12.4. The molecule has 2 aromatic rings. The van der Waals surface area contributed by atoms with Crippen LogP contribution in [-0.4, -0.2) is 59.6 Å². The van der Waals surface area contributed by atoms with Crippen molar-refractivity contribution in [2.75, 3.05) is 26.2 Å². The third-order valence-corrected chi connectivity index (χ3v) is 7.76. The molecule has 1 N–H and O–H groups in total. The van der Waals surface area contributed by atoms with E-state index in [9.17, 15) is 9.59 Å². The topological polar surface area (TPSA) is 71.1 Å². The van der Waals surface area contributed by atoms with Gasteiger partial charge in [0.05, 0.1) is 10.0 Å². The Morgan fingerprint density at radius 2 is 1.76 bits per heavy atom. The zero-order valence-electron chi connectivity index (χ0n) is 21.2. The molecule has 200 valence electrons. The van der Waals surface area contributed by atoms with Crippen LogP contribution >= 0.6 is 39.1 Å². The molecule has 2 fully saturated rings. The first kappa shape index (κ1) is 28.0. The molecule has 2 aromatic carbocycles. The molecule has 0 radical (unpaired) electrons. The summed E-state index contributed by atoms with van der Waals surface area (Å²) in [5.41, 5.74) is 0.373. The Hall–Kier alpha value is -2.00. The molecule has 0 aliphatic carbocycles. The van der Waals surface area contributed by atoms with Crippen LogP contribution in [0.25, 0.3) is 0 Å². The van der Waals surface area contributed by atoms with Gasteiger partial charge in [0, 0.05) is 47.7 Å². The quantitative estimate of drug-likeness (QED) is 0.403. The number of amides is 2. The van der Waals surface area contributed by atoms with Crippen molar-refractivity contribution in [3.63, 3.8) is 0 Å². The number of carbonyl (C=O) groups excluding carboxylic acids is 2. The number of hydrogen-bond acceptors (Lipinski definition) is 5. The minimum atomic E-state index is -0.486. The molecule has 4 rings (SSSR count). The maximum Gasteiger partial charge on any atom is 0.410 e. The van der Waals surface area contributed by atoms with Crippen LogP contribution in [0.5, 0.6) is 11.5 Å². The molecular weight excluding hydrogens is 581 g/mol. The monoisotopic (exact) mass is 611 g/mol. The summed E-state index contributed by atoms with van der Waals surface area (Å²) >= 11 is 15.6. The van der Waals surface area contributed by atoms with Crippen LogP contribution in [0.2, 0.25) is 10.0 Å². The highest BCUT2D eigenvalue weighted by atomic mass is 79.9. The van der Waals surface area contributed by atoms with Crippen LogP contribution in [0, 0.1) is 5.92 Å². The molecule has 10 heteroatoms. The van der Waals surface area contributed by atoms with Gasteiger partial charge in [-0.05, 0) is 71.0 Å². The Bertz CT molecular complexity index is 1140. The van der Waals surface area contributed by atoms with Crippen molar-refractivity contribution in [1.82, 2.24) is 15.1 Å². The second-order valence-electron chi connectivity index (χ2n) is 10.5. The fourth-order valence-electron chi connectivity index (χ4n) is 4.45. The minimum Gasteiger partial charge on any atom is -0.457 e. The summed E-state index contributed by atoms with van der Waals surface area (Å²) in [4.78, 5) is 29.2. The number of rotatable bonds is 6. The Morgan fingerprint density at radius 3 is 2.41 bits per heavy atom. The predicted molar refractivity (Wildman–Crippen MR) is 148 cm³/mol. The fraction of sp³-hybridized carbons (Fsp3) is 0.481. The third kappa shape index (κ3) is 7.53. The molecule has 2 amide bonds. The maximum absolute atomic E-state index is 12.9. The van der Waals surface area contributed by atoms with Gasteiger partial charge in [-0.1, -0.05) is 45.2 Å². The van der Waals surface area contributed by atoms with Crippen molar-refractivity contribution in [1.29, 1.82) is 0 Å². The van der Waals surface area contributed by atoms with Gasteiger partial charge in [0.15, 0.2) is 0 Å². The van der Waals surface area contributed by atoms with Gasteiger partial charge >= 0.3 is 6.09 Å².